The molecule has 4 aromatic rings. The Morgan fingerprint density at radius 3 is 1.25 bits per heavy atom. The molecule has 0 radical (unpaired) electrons. The highest BCUT2D eigenvalue weighted by molar-refractivity contribution is 5.46. The van der Waals surface area contributed by atoms with Crippen LogP contribution in [0.25, 0.3) is 0 Å². The molecule has 2 saturated heterocycles. The quantitative estimate of drug-likeness (QED) is 0.144. The molecule has 6 nitrogen and oxygen atoms in total. The lowest BCUT2D eigenvalue weighted by molar-refractivity contribution is 0.177. The smallest absolute Gasteiger partial charge is 0.119 e. The number of hydrogen-bond donors (Lipinski definition) is 0. The third-order valence-electron chi connectivity index (χ3n) is 6.93. The van der Waals surface area contributed by atoms with E-state index in [0.29, 0.717) is 19.8 Å². The van der Waals surface area contributed by atoms with Gasteiger partial charge in [0, 0.05) is 28.7 Å². The second-order valence-corrected chi connectivity index (χ2v) is 10.7. The molecular weight excluding hydrogens is 552 g/mol. The summed E-state index contributed by atoms with van der Waals surface area (Å²) in [5.41, 5.74) is 3.72. The predicted molar refractivity (Wildman–Crippen MR) is 168 cm³/mol. The highest BCUT2D eigenvalue weighted by Crippen LogP contribution is 2.19. The first kappa shape index (κ1) is 29.2. The SMILES string of the molecule is CC(CCOc1ccc(C#Cc2ccc(OCC3CO3)cc2)cc1)Oc1ccc(C#Cc2ccc(OCC3CO3)cc2)cc1. The molecule has 0 aromatic heterocycles. The normalized spacial score (nSPS) is 16.8. The van der Waals surface area contributed by atoms with Gasteiger partial charge in [-0.2, -0.15) is 0 Å². The molecule has 2 aliphatic rings. The molecule has 0 spiro atoms. The minimum atomic E-state index is 0.00288. The van der Waals surface area contributed by atoms with Gasteiger partial charge < -0.3 is 28.4 Å². The Bertz CT molecular complexity index is 1610. The number of epoxide rings is 2. The molecule has 0 N–H and O–H groups in total. The van der Waals surface area contributed by atoms with Crippen molar-refractivity contribution < 1.29 is 28.4 Å². The van der Waals surface area contributed by atoms with Crippen LogP contribution in [0.5, 0.6) is 23.0 Å². The van der Waals surface area contributed by atoms with Gasteiger partial charge >= 0.3 is 0 Å². The van der Waals surface area contributed by atoms with Crippen molar-refractivity contribution in [1.29, 1.82) is 0 Å². The summed E-state index contributed by atoms with van der Waals surface area (Å²) in [6.45, 7) is 5.37. The topological polar surface area (TPSA) is 62.0 Å². The Balaban J connectivity index is 0.898. The lowest BCUT2D eigenvalue weighted by atomic mass is 10.1. The molecule has 4 aromatic carbocycles. The molecule has 3 atom stereocenters. The van der Waals surface area contributed by atoms with E-state index in [1.807, 2.05) is 104 Å². The van der Waals surface area contributed by atoms with Crippen LogP contribution in [-0.2, 0) is 9.47 Å². The summed E-state index contributed by atoms with van der Waals surface area (Å²) in [7, 11) is 0. The molecule has 3 unspecified atom stereocenters. The molecule has 6 rings (SSSR count). The highest BCUT2D eigenvalue weighted by atomic mass is 16.6. The summed E-state index contributed by atoms with van der Waals surface area (Å²) < 4.78 is 33.7. The van der Waals surface area contributed by atoms with Gasteiger partial charge in [0.2, 0.25) is 0 Å². The molecule has 0 amide bonds. The minimum absolute atomic E-state index is 0.00288. The van der Waals surface area contributed by atoms with E-state index in [9.17, 15) is 0 Å². The van der Waals surface area contributed by atoms with Crippen LogP contribution in [0.1, 0.15) is 35.6 Å². The van der Waals surface area contributed by atoms with Crippen LogP contribution in [0.3, 0.4) is 0 Å². The maximum absolute atomic E-state index is 6.07. The molecular formula is C38H34O6. The van der Waals surface area contributed by atoms with Gasteiger partial charge in [0.1, 0.15) is 48.4 Å². The lowest BCUT2D eigenvalue weighted by Crippen LogP contribution is -2.15. The van der Waals surface area contributed by atoms with Crippen LogP contribution in [0.15, 0.2) is 97.1 Å². The van der Waals surface area contributed by atoms with Gasteiger partial charge in [-0.05, 0) is 104 Å². The molecule has 222 valence electrons. The molecule has 0 bridgehead atoms. The van der Waals surface area contributed by atoms with E-state index in [1.54, 1.807) is 0 Å². The highest BCUT2D eigenvalue weighted by Gasteiger charge is 2.23. The van der Waals surface area contributed by atoms with Crippen molar-refractivity contribution in [3.05, 3.63) is 119 Å². The van der Waals surface area contributed by atoms with E-state index in [2.05, 4.69) is 23.7 Å². The zero-order chi connectivity index (χ0) is 30.0. The van der Waals surface area contributed by atoms with E-state index in [-0.39, 0.29) is 18.3 Å². The van der Waals surface area contributed by atoms with Gasteiger partial charge in [-0.15, -0.1) is 0 Å². The fourth-order valence-corrected chi connectivity index (χ4v) is 4.15. The Labute approximate surface area is 258 Å². The zero-order valence-electron chi connectivity index (χ0n) is 24.7. The third kappa shape index (κ3) is 9.57. The third-order valence-corrected chi connectivity index (χ3v) is 6.93. The first-order valence-electron chi connectivity index (χ1n) is 14.9. The zero-order valence-corrected chi connectivity index (χ0v) is 24.7. The van der Waals surface area contributed by atoms with Crippen LogP contribution >= 0.6 is 0 Å². The molecule has 0 saturated carbocycles. The maximum atomic E-state index is 6.07. The number of rotatable bonds is 12. The van der Waals surface area contributed by atoms with E-state index in [1.165, 1.54) is 0 Å². The van der Waals surface area contributed by atoms with E-state index in [0.717, 1.165) is 64.9 Å². The average molecular weight is 587 g/mol. The molecule has 2 heterocycles. The maximum Gasteiger partial charge on any atom is 0.119 e. The van der Waals surface area contributed by atoms with Crippen LogP contribution in [0.4, 0.5) is 0 Å². The summed E-state index contributed by atoms with van der Waals surface area (Å²) >= 11 is 0. The van der Waals surface area contributed by atoms with Gasteiger partial charge in [-0.3, -0.25) is 0 Å². The fraction of sp³-hybridized carbons (Fsp3) is 0.263. The standard InChI is InChI=1S/C38H34O6/c1-28(44-36-20-12-32(13-21-36)5-4-31-10-18-35(19-11-31)41-25-38-27-43-38)22-23-39-33-14-6-29(7-15-33)2-3-30-8-16-34(17-9-30)40-24-37-26-42-37/h6-21,28,37-38H,22-27H2,1H3. The second-order valence-electron chi connectivity index (χ2n) is 10.7. The molecule has 2 aliphatic heterocycles. The Morgan fingerprint density at radius 1 is 0.545 bits per heavy atom. The van der Waals surface area contributed by atoms with Crippen molar-refractivity contribution in [2.45, 2.75) is 31.7 Å². The predicted octanol–water partition coefficient (Wildman–Crippen LogP) is 6.28. The molecule has 0 aliphatic carbocycles. The van der Waals surface area contributed by atoms with Crippen molar-refractivity contribution in [2.75, 3.05) is 33.0 Å². The Hall–Kier alpha value is -4.88. The fourth-order valence-electron chi connectivity index (χ4n) is 4.15. The largest absolute Gasteiger partial charge is 0.493 e. The van der Waals surface area contributed by atoms with Crippen molar-refractivity contribution >= 4 is 0 Å². The number of benzene rings is 4. The average Bonchev–Trinajstić information content (AvgIpc) is 3.99. The summed E-state index contributed by atoms with van der Waals surface area (Å²) in [5.74, 6) is 16.1. The van der Waals surface area contributed by atoms with E-state index in [4.69, 9.17) is 28.4 Å². The van der Waals surface area contributed by atoms with Gasteiger partial charge in [-0.25, -0.2) is 0 Å². The first-order valence-corrected chi connectivity index (χ1v) is 14.9. The van der Waals surface area contributed by atoms with Gasteiger partial charge in [0.05, 0.1) is 25.9 Å². The second kappa shape index (κ2) is 14.5. The van der Waals surface area contributed by atoms with Crippen LogP contribution < -0.4 is 18.9 Å². The summed E-state index contributed by atoms with van der Waals surface area (Å²) in [6, 6.07) is 31.2. The van der Waals surface area contributed by atoms with Gasteiger partial charge in [0.15, 0.2) is 0 Å². The Morgan fingerprint density at radius 2 is 0.886 bits per heavy atom. The van der Waals surface area contributed by atoms with Crippen molar-refractivity contribution in [3.8, 4) is 46.7 Å². The lowest BCUT2D eigenvalue weighted by Gasteiger charge is -2.15. The monoisotopic (exact) mass is 586 g/mol. The van der Waals surface area contributed by atoms with Crippen LogP contribution in [-0.4, -0.2) is 51.3 Å². The van der Waals surface area contributed by atoms with E-state index < -0.39 is 0 Å². The molecule has 2 fully saturated rings. The molecule has 44 heavy (non-hydrogen) atoms. The summed E-state index contributed by atoms with van der Waals surface area (Å²) in [4.78, 5) is 0. The van der Waals surface area contributed by atoms with Crippen molar-refractivity contribution in [3.63, 3.8) is 0 Å². The summed E-state index contributed by atoms with van der Waals surface area (Å²) in [5, 5.41) is 0. The number of hydrogen-bond acceptors (Lipinski definition) is 6. The van der Waals surface area contributed by atoms with Crippen LogP contribution in [0.2, 0.25) is 0 Å². The van der Waals surface area contributed by atoms with Crippen LogP contribution in [0, 0.1) is 23.7 Å². The van der Waals surface area contributed by atoms with Crippen molar-refractivity contribution in [2.24, 2.45) is 0 Å². The van der Waals surface area contributed by atoms with Crippen molar-refractivity contribution in [1.82, 2.24) is 0 Å². The summed E-state index contributed by atoms with van der Waals surface area (Å²) in [6.07, 6.45) is 1.25. The van der Waals surface area contributed by atoms with Gasteiger partial charge in [0.25, 0.3) is 0 Å². The first-order chi connectivity index (χ1) is 21.6. The number of ether oxygens (including phenoxy) is 6. The van der Waals surface area contributed by atoms with Gasteiger partial charge in [-0.1, -0.05) is 23.7 Å². The minimum Gasteiger partial charge on any atom is -0.493 e. The molecule has 6 heteroatoms. The van der Waals surface area contributed by atoms with E-state index >= 15 is 0 Å². The Kier molecular flexibility index (Phi) is 9.65.